The van der Waals surface area contributed by atoms with Crippen LogP contribution in [0.25, 0.3) is 0 Å². The van der Waals surface area contributed by atoms with Crippen molar-refractivity contribution < 1.29 is 13.7 Å². The van der Waals surface area contributed by atoms with Gasteiger partial charge in [-0.25, -0.2) is 0 Å². The van der Waals surface area contributed by atoms with Crippen LogP contribution in [-0.4, -0.2) is 43.4 Å². The molecule has 0 fully saturated rings. The van der Waals surface area contributed by atoms with Gasteiger partial charge in [0, 0.05) is 23.8 Å². The molecular weight excluding hydrogens is 262 g/mol. The van der Waals surface area contributed by atoms with Crippen molar-refractivity contribution in [3.05, 3.63) is 24.3 Å². The van der Waals surface area contributed by atoms with Crippen molar-refractivity contribution in [1.29, 1.82) is 0 Å². The van der Waals surface area contributed by atoms with Crippen molar-refractivity contribution in [2.45, 2.75) is 24.3 Å². The van der Waals surface area contributed by atoms with Gasteiger partial charge in [-0.3, -0.25) is 4.21 Å². The zero-order chi connectivity index (χ0) is 14.1. The summed E-state index contributed by atoms with van der Waals surface area (Å²) in [5, 5.41) is 3.35. The van der Waals surface area contributed by atoms with Crippen molar-refractivity contribution >= 4 is 10.8 Å². The maximum atomic E-state index is 12.3. The summed E-state index contributed by atoms with van der Waals surface area (Å²) in [7, 11) is 2.26. The summed E-state index contributed by atoms with van der Waals surface area (Å²) in [4.78, 5) is 0.820. The Morgan fingerprint density at radius 1 is 1.26 bits per heavy atom. The second-order valence-corrected chi connectivity index (χ2v) is 5.79. The van der Waals surface area contributed by atoms with Crippen molar-refractivity contribution in [2.75, 3.05) is 33.1 Å². The van der Waals surface area contributed by atoms with E-state index in [0.717, 1.165) is 23.6 Å². The molecule has 0 radical (unpaired) electrons. The Kier molecular flexibility index (Phi) is 7.70. The smallest absolute Gasteiger partial charge is 0.118 e. The minimum absolute atomic E-state index is 0.118. The van der Waals surface area contributed by atoms with E-state index in [2.05, 4.69) is 12.2 Å². The number of hydrogen-bond acceptors (Lipinski definition) is 4. The highest BCUT2D eigenvalue weighted by molar-refractivity contribution is 7.85. The van der Waals surface area contributed by atoms with E-state index in [4.69, 9.17) is 9.47 Å². The summed E-state index contributed by atoms with van der Waals surface area (Å²) < 4.78 is 22.5. The summed E-state index contributed by atoms with van der Waals surface area (Å²) in [5.41, 5.74) is 0. The molecule has 2 unspecified atom stereocenters. The van der Waals surface area contributed by atoms with Crippen molar-refractivity contribution in [1.82, 2.24) is 5.32 Å². The maximum absolute atomic E-state index is 12.3. The highest BCUT2D eigenvalue weighted by Crippen LogP contribution is 2.14. The first-order valence-corrected chi connectivity index (χ1v) is 7.77. The summed E-state index contributed by atoms with van der Waals surface area (Å²) in [5.74, 6) is 1.33. The summed E-state index contributed by atoms with van der Waals surface area (Å²) in [6, 6.07) is 7.47. The molecule has 19 heavy (non-hydrogen) atoms. The highest BCUT2D eigenvalue weighted by atomic mass is 32.2. The molecule has 0 spiro atoms. The standard InChI is InChI=1S/C14H23NO3S/c1-4-9-15-12(10-17-2)11-19(16)14-7-5-13(18-3)6-8-14/h5-8,12,15H,4,9-11H2,1-3H3. The number of rotatable bonds is 9. The predicted molar refractivity (Wildman–Crippen MR) is 78.2 cm³/mol. The third-order valence-electron chi connectivity index (χ3n) is 2.73. The molecule has 1 N–H and O–H groups in total. The number of hydrogen-bond donors (Lipinski definition) is 1. The molecule has 0 heterocycles. The van der Waals surface area contributed by atoms with Gasteiger partial charge in [0.1, 0.15) is 5.75 Å². The van der Waals surface area contributed by atoms with Gasteiger partial charge in [0.2, 0.25) is 0 Å². The van der Waals surface area contributed by atoms with E-state index < -0.39 is 10.8 Å². The van der Waals surface area contributed by atoms with Crippen LogP contribution < -0.4 is 10.1 Å². The van der Waals surface area contributed by atoms with Gasteiger partial charge < -0.3 is 14.8 Å². The molecule has 0 aliphatic carbocycles. The Hall–Kier alpha value is -0.910. The Morgan fingerprint density at radius 3 is 2.47 bits per heavy atom. The fourth-order valence-corrected chi connectivity index (χ4v) is 2.93. The molecule has 5 heteroatoms. The Morgan fingerprint density at radius 2 is 1.95 bits per heavy atom. The maximum Gasteiger partial charge on any atom is 0.118 e. The Bertz CT molecular complexity index is 381. The van der Waals surface area contributed by atoms with Crippen molar-refractivity contribution in [3.8, 4) is 5.75 Å². The van der Waals surface area contributed by atoms with Crippen LogP contribution in [0.1, 0.15) is 13.3 Å². The van der Waals surface area contributed by atoms with Crippen LogP contribution >= 0.6 is 0 Å². The third kappa shape index (κ3) is 5.72. The van der Waals surface area contributed by atoms with Crippen LogP contribution in [-0.2, 0) is 15.5 Å². The minimum atomic E-state index is -1.03. The van der Waals surface area contributed by atoms with Gasteiger partial charge >= 0.3 is 0 Å². The lowest BCUT2D eigenvalue weighted by Crippen LogP contribution is -2.38. The van der Waals surface area contributed by atoms with Crippen LogP contribution in [0.2, 0.25) is 0 Å². The quantitative estimate of drug-likeness (QED) is 0.752. The van der Waals surface area contributed by atoms with Crippen LogP contribution in [0.15, 0.2) is 29.2 Å². The molecule has 1 rings (SSSR count). The van der Waals surface area contributed by atoms with Crippen LogP contribution in [0.5, 0.6) is 5.75 Å². The minimum Gasteiger partial charge on any atom is -0.497 e. The topological polar surface area (TPSA) is 47.6 Å². The average Bonchev–Trinajstić information content (AvgIpc) is 2.45. The molecule has 0 amide bonds. The summed E-state index contributed by atoms with van der Waals surface area (Å²) in [6.07, 6.45) is 1.05. The summed E-state index contributed by atoms with van der Waals surface area (Å²) in [6.45, 7) is 3.59. The first-order valence-electron chi connectivity index (χ1n) is 6.46. The number of benzene rings is 1. The molecule has 0 aliphatic heterocycles. The SMILES string of the molecule is CCCNC(COC)CS(=O)c1ccc(OC)cc1. The van der Waals surface area contributed by atoms with E-state index in [1.54, 1.807) is 14.2 Å². The van der Waals surface area contributed by atoms with E-state index in [9.17, 15) is 4.21 Å². The molecule has 0 bridgehead atoms. The fraction of sp³-hybridized carbons (Fsp3) is 0.571. The molecule has 2 atom stereocenters. The third-order valence-corrected chi connectivity index (χ3v) is 4.23. The van der Waals surface area contributed by atoms with E-state index in [1.165, 1.54) is 0 Å². The normalized spacial score (nSPS) is 14.1. The van der Waals surface area contributed by atoms with Gasteiger partial charge in [0.05, 0.1) is 24.5 Å². The number of nitrogens with one attached hydrogen (secondary N) is 1. The first-order chi connectivity index (χ1) is 9.21. The molecule has 1 aromatic rings. The van der Waals surface area contributed by atoms with Crippen molar-refractivity contribution in [2.24, 2.45) is 0 Å². The molecular formula is C14H23NO3S. The largest absolute Gasteiger partial charge is 0.497 e. The molecule has 0 saturated carbocycles. The van der Waals surface area contributed by atoms with Crippen LogP contribution in [0.4, 0.5) is 0 Å². The van der Waals surface area contributed by atoms with E-state index in [1.807, 2.05) is 24.3 Å². The Balaban J connectivity index is 2.58. The fourth-order valence-electron chi connectivity index (χ4n) is 1.72. The summed E-state index contributed by atoms with van der Waals surface area (Å²) >= 11 is 0. The lowest BCUT2D eigenvalue weighted by atomic mass is 10.3. The molecule has 108 valence electrons. The molecule has 1 aromatic carbocycles. The van der Waals surface area contributed by atoms with Gasteiger partial charge in [-0.2, -0.15) is 0 Å². The first kappa shape index (κ1) is 16.1. The molecule has 0 aliphatic rings. The average molecular weight is 285 g/mol. The van der Waals surface area contributed by atoms with Crippen molar-refractivity contribution in [3.63, 3.8) is 0 Å². The number of ether oxygens (including phenoxy) is 2. The second-order valence-electron chi connectivity index (χ2n) is 4.29. The zero-order valence-corrected chi connectivity index (χ0v) is 12.7. The van der Waals surface area contributed by atoms with Crippen LogP contribution in [0, 0.1) is 0 Å². The Labute approximate surface area is 118 Å². The lowest BCUT2D eigenvalue weighted by molar-refractivity contribution is 0.173. The van der Waals surface area contributed by atoms with Gasteiger partial charge in [-0.1, -0.05) is 6.92 Å². The van der Waals surface area contributed by atoms with Gasteiger partial charge in [0.15, 0.2) is 0 Å². The van der Waals surface area contributed by atoms with E-state index in [-0.39, 0.29) is 6.04 Å². The molecule has 4 nitrogen and oxygen atoms in total. The predicted octanol–water partition coefficient (Wildman–Crippen LogP) is 1.82. The zero-order valence-electron chi connectivity index (χ0n) is 11.8. The lowest BCUT2D eigenvalue weighted by Gasteiger charge is -2.17. The van der Waals surface area contributed by atoms with E-state index in [0.29, 0.717) is 12.4 Å². The monoisotopic (exact) mass is 285 g/mol. The second kappa shape index (κ2) is 9.07. The van der Waals surface area contributed by atoms with Gasteiger partial charge in [-0.15, -0.1) is 0 Å². The van der Waals surface area contributed by atoms with E-state index >= 15 is 0 Å². The van der Waals surface area contributed by atoms with Gasteiger partial charge in [-0.05, 0) is 37.2 Å². The molecule has 0 saturated heterocycles. The van der Waals surface area contributed by atoms with Crippen LogP contribution in [0.3, 0.4) is 0 Å². The number of methoxy groups -OCH3 is 2. The molecule has 0 aromatic heterocycles. The highest BCUT2D eigenvalue weighted by Gasteiger charge is 2.13. The van der Waals surface area contributed by atoms with Gasteiger partial charge in [0.25, 0.3) is 0 Å².